The molecule has 0 saturated carbocycles. The highest BCUT2D eigenvalue weighted by atomic mass is 16.6. The van der Waals surface area contributed by atoms with Crippen molar-refractivity contribution in [3.05, 3.63) is 0 Å². The molecule has 0 rings (SSSR count). The Morgan fingerprint density at radius 3 is 1.60 bits per heavy atom. The van der Waals surface area contributed by atoms with Crippen LogP contribution in [0, 0.1) is 5.41 Å². The van der Waals surface area contributed by atoms with Gasteiger partial charge in [-0.25, -0.2) is 0 Å². The van der Waals surface area contributed by atoms with Crippen LogP contribution in [-0.2, 0) is 23.9 Å². The molecule has 0 atom stereocenters. The predicted molar refractivity (Wildman–Crippen MR) is 140 cm³/mol. The largest absolute Gasteiger partial charge is 0.459 e. The summed E-state index contributed by atoms with van der Waals surface area (Å²) in [5.41, 5.74) is -2.01. The fraction of sp³-hybridized carbons (Fsp3) is 0.852. The Balaban J connectivity index is 3.87. The lowest BCUT2D eigenvalue weighted by atomic mass is 9.91. The molecule has 0 heterocycles. The highest BCUT2D eigenvalue weighted by Crippen LogP contribution is 2.15. The first-order valence-electron chi connectivity index (χ1n) is 13.4. The molecule has 204 valence electrons. The van der Waals surface area contributed by atoms with Gasteiger partial charge in [-0.1, -0.05) is 71.1 Å². The lowest BCUT2D eigenvalue weighted by molar-refractivity contribution is -0.155. The van der Waals surface area contributed by atoms with Gasteiger partial charge in [-0.3, -0.25) is 19.2 Å². The summed E-state index contributed by atoms with van der Waals surface area (Å²) in [6.07, 6.45) is 14.1. The van der Waals surface area contributed by atoms with E-state index in [9.17, 15) is 19.2 Å². The van der Waals surface area contributed by atoms with Gasteiger partial charge in [-0.2, -0.15) is 0 Å². The lowest BCUT2D eigenvalue weighted by Crippen LogP contribution is -2.50. The van der Waals surface area contributed by atoms with Crippen molar-refractivity contribution in [1.29, 1.82) is 0 Å². The molecular formula is C27H51N3O5. The third kappa shape index (κ3) is 17.9. The van der Waals surface area contributed by atoms with Crippen molar-refractivity contribution in [3.8, 4) is 0 Å². The second-order valence-electron chi connectivity index (χ2n) is 10.8. The summed E-state index contributed by atoms with van der Waals surface area (Å²) in [4.78, 5) is 48.5. The number of carbonyl (C=O) groups is 4. The predicted octanol–water partition coefficient (Wildman–Crippen LogP) is 4.40. The molecule has 8 nitrogen and oxygen atoms in total. The van der Waals surface area contributed by atoms with Crippen LogP contribution in [0.4, 0.5) is 0 Å². The molecule has 0 fully saturated rings. The van der Waals surface area contributed by atoms with E-state index >= 15 is 0 Å². The number of amides is 3. The van der Waals surface area contributed by atoms with Crippen molar-refractivity contribution in [2.75, 3.05) is 19.6 Å². The Morgan fingerprint density at radius 2 is 1.09 bits per heavy atom. The van der Waals surface area contributed by atoms with Crippen LogP contribution in [0.2, 0.25) is 0 Å². The molecule has 3 N–H and O–H groups in total. The van der Waals surface area contributed by atoms with E-state index in [2.05, 4.69) is 22.9 Å². The zero-order valence-electron chi connectivity index (χ0n) is 23.1. The van der Waals surface area contributed by atoms with Crippen LogP contribution in [0.5, 0.6) is 0 Å². The van der Waals surface area contributed by atoms with Gasteiger partial charge in [0, 0.05) is 19.5 Å². The fourth-order valence-corrected chi connectivity index (χ4v) is 3.49. The molecule has 0 aliphatic rings. The van der Waals surface area contributed by atoms with Crippen molar-refractivity contribution >= 4 is 23.7 Å². The second-order valence-corrected chi connectivity index (χ2v) is 10.8. The number of hydrogen-bond donors (Lipinski definition) is 3. The smallest absolute Gasteiger partial charge is 0.325 e. The summed E-state index contributed by atoms with van der Waals surface area (Å²) in [5, 5.41) is 7.91. The Kier molecular flexibility index (Phi) is 17.1. The fourth-order valence-electron chi connectivity index (χ4n) is 3.49. The van der Waals surface area contributed by atoms with E-state index in [-0.39, 0.29) is 19.0 Å². The van der Waals surface area contributed by atoms with Crippen molar-refractivity contribution in [3.63, 3.8) is 0 Å². The van der Waals surface area contributed by atoms with E-state index in [0.29, 0.717) is 13.0 Å². The number of ether oxygens (including phenoxy) is 1. The number of unbranched alkanes of at least 4 members (excludes halogenated alkanes) is 10. The highest BCUT2D eigenvalue weighted by Gasteiger charge is 2.36. The van der Waals surface area contributed by atoms with Crippen LogP contribution >= 0.6 is 0 Å². The molecule has 0 aliphatic carbocycles. The summed E-state index contributed by atoms with van der Waals surface area (Å²) in [6.45, 7) is 10.6. The van der Waals surface area contributed by atoms with E-state index in [1.807, 2.05) is 0 Å². The maximum absolute atomic E-state index is 12.4. The van der Waals surface area contributed by atoms with Crippen molar-refractivity contribution < 1.29 is 23.9 Å². The zero-order chi connectivity index (χ0) is 26.7. The van der Waals surface area contributed by atoms with Gasteiger partial charge >= 0.3 is 5.97 Å². The number of esters is 1. The number of rotatable bonds is 19. The minimum Gasteiger partial charge on any atom is -0.459 e. The molecule has 0 saturated heterocycles. The Hall–Kier alpha value is -2.12. The third-order valence-electron chi connectivity index (χ3n) is 5.69. The van der Waals surface area contributed by atoms with Gasteiger partial charge in [-0.05, 0) is 41.0 Å². The normalized spacial score (nSPS) is 11.6. The van der Waals surface area contributed by atoms with E-state index in [1.165, 1.54) is 71.6 Å². The van der Waals surface area contributed by atoms with Gasteiger partial charge in [0.1, 0.15) is 17.6 Å². The molecule has 3 amide bonds. The average Bonchev–Trinajstić information content (AvgIpc) is 2.77. The van der Waals surface area contributed by atoms with E-state index in [1.54, 1.807) is 20.8 Å². The second kappa shape index (κ2) is 18.2. The third-order valence-corrected chi connectivity index (χ3v) is 5.69. The zero-order valence-corrected chi connectivity index (χ0v) is 23.1. The first-order valence-corrected chi connectivity index (χ1v) is 13.4. The van der Waals surface area contributed by atoms with Crippen LogP contribution < -0.4 is 16.0 Å². The summed E-state index contributed by atoms with van der Waals surface area (Å²) >= 11 is 0. The molecule has 0 spiro atoms. The van der Waals surface area contributed by atoms with E-state index < -0.39 is 28.8 Å². The lowest BCUT2D eigenvalue weighted by Gasteiger charge is -2.23. The van der Waals surface area contributed by atoms with Gasteiger partial charge in [0.25, 0.3) is 0 Å². The quantitative estimate of drug-likeness (QED) is 0.139. The molecule has 0 bridgehead atoms. The molecule has 35 heavy (non-hydrogen) atoms. The van der Waals surface area contributed by atoms with Crippen LogP contribution in [0.15, 0.2) is 0 Å². The van der Waals surface area contributed by atoms with Crippen LogP contribution in [0.3, 0.4) is 0 Å². The van der Waals surface area contributed by atoms with Crippen molar-refractivity contribution in [1.82, 2.24) is 16.0 Å². The molecule has 0 unspecified atom stereocenters. The van der Waals surface area contributed by atoms with Gasteiger partial charge in [0.15, 0.2) is 0 Å². The van der Waals surface area contributed by atoms with Gasteiger partial charge in [-0.15, -0.1) is 0 Å². The van der Waals surface area contributed by atoms with Crippen molar-refractivity contribution in [2.24, 2.45) is 5.41 Å². The Morgan fingerprint density at radius 1 is 0.629 bits per heavy atom. The maximum atomic E-state index is 12.4. The molecule has 8 heteroatoms. The molecule has 0 radical (unpaired) electrons. The van der Waals surface area contributed by atoms with Gasteiger partial charge < -0.3 is 20.7 Å². The Bertz CT molecular complexity index is 641. The summed E-state index contributed by atoms with van der Waals surface area (Å²) < 4.78 is 5.14. The average molecular weight is 498 g/mol. The number of nitrogens with one attached hydrogen (secondary N) is 3. The SMILES string of the molecule is CCCCCCCCCCCCCC(=O)NCCNC(=O)C(C)(C)C(=O)NCC(=O)OC(C)(C)C. The first kappa shape index (κ1) is 32.9. The summed E-state index contributed by atoms with van der Waals surface area (Å²) in [5.74, 6) is -1.63. The molecule has 0 aromatic heterocycles. The topological polar surface area (TPSA) is 114 Å². The van der Waals surface area contributed by atoms with Crippen LogP contribution in [-0.4, -0.2) is 48.9 Å². The minimum atomic E-state index is -1.36. The van der Waals surface area contributed by atoms with E-state index in [0.717, 1.165) is 12.8 Å². The molecule has 0 aliphatic heterocycles. The summed E-state index contributed by atoms with van der Waals surface area (Å²) in [7, 11) is 0. The molecule has 0 aromatic rings. The van der Waals surface area contributed by atoms with Crippen LogP contribution in [0.25, 0.3) is 0 Å². The maximum Gasteiger partial charge on any atom is 0.325 e. The first-order chi connectivity index (χ1) is 16.4. The summed E-state index contributed by atoms with van der Waals surface area (Å²) in [6, 6.07) is 0. The number of hydrogen-bond acceptors (Lipinski definition) is 5. The van der Waals surface area contributed by atoms with E-state index in [4.69, 9.17) is 4.74 Å². The van der Waals surface area contributed by atoms with Gasteiger partial charge in [0.2, 0.25) is 17.7 Å². The monoisotopic (exact) mass is 497 g/mol. The molecular weight excluding hydrogens is 446 g/mol. The minimum absolute atomic E-state index is 0.0236. The molecule has 0 aromatic carbocycles. The highest BCUT2D eigenvalue weighted by molar-refractivity contribution is 6.04. The Labute approximate surface area is 213 Å². The standard InChI is InChI=1S/C27H51N3O5/c1-7-8-9-10-11-12-13-14-15-16-17-18-22(31)28-19-20-29-24(33)27(5,6)25(34)30-21-23(32)35-26(2,3)4/h7-21H2,1-6H3,(H,28,31)(H,29,33)(H,30,34). The van der Waals surface area contributed by atoms with Gasteiger partial charge in [0.05, 0.1) is 0 Å². The van der Waals surface area contributed by atoms with Crippen molar-refractivity contribution in [2.45, 2.75) is 124 Å². The van der Waals surface area contributed by atoms with Crippen LogP contribution in [0.1, 0.15) is 119 Å². The number of carbonyl (C=O) groups excluding carboxylic acids is 4.